The predicted octanol–water partition coefficient (Wildman–Crippen LogP) is 2.73. The fraction of sp³-hybridized carbons (Fsp3) is 0.300. The van der Waals surface area contributed by atoms with Crippen molar-refractivity contribution in [1.82, 2.24) is 0 Å². The zero-order chi connectivity index (χ0) is 10.3. The van der Waals surface area contributed by atoms with Gasteiger partial charge in [-0.15, -0.1) is 0 Å². The smallest absolute Gasteiger partial charge is 0.267 e. The van der Waals surface area contributed by atoms with E-state index in [1.807, 2.05) is 6.92 Å². The number of nitrogens with zero attached hydrogens (tertiary/aromatic N) is 1. The molecule has 74 valence electrons. The van der Waals surface area contributed by atoms with Crippen LogP contribution in [0.3, 0.4) is 0 Å². The molecule has 0 amide bonds. The highest BCUT2D eigenvalue weighted by Crippen LogP contribution is 2.34. The third-order valence-corrected chi connectivity index (χ3v) is 2.12. The van der Waals surface area contributed by atoms with Crippen molar-refractivity contribution in [3.8, 4) is 0 Å². The molecule has 1 aromatic carbocycles. The second kappa shape index (κ2) is 2.83. The van der Waals surface area contributed by atoms with E-state index in [4.69, 9.17) is 0 Å². The molecule has 0 N–H and O–H groups in total. The zero-order valence-electron chi connectivity index (χ0n) is 7.47. The van der Waals surface area contributed by atoms with Crippen LogP contribution in [0.5, 0.6) is 0 Å². The van der Waals surface area contributed by atoms with Crippen LogP contribution in [0.2, 0.25) is 0 Å². The molecule has 0 radical (unpaired) electrons. The number of rotatable bonds is 1. The van der Waals surface area contributed by atoms with Crippen LogP contribution in [0.15, 0.2) is 29.3 Å². The van der Waals surface area contributed by atoms with E-state index in [1.165, 1.54) is 0 Å². The van der Waals surface area contributed by atoms with Gasteiger partial charge in [-0.25, -0.2) is 0 Å². The quantitative estimate of drug-likeness (QED) is 0.659. The van der Waals surface area contributed by atoms with E-state index in [1.54, 1.807) is 24.3 Å². The molecule has 1 aromatic rings. The van der Waals surface area contributed by atoms with E-state index >= 15 is 0 Å². The van der Waals surface area contributed by atoms with Crippen LogP contribution in [0.4, 0.5) is 13.2 Å². The lowest BCUT2D eigenvalue weighted by atomic mass is 10.1. The maximum Gasteiger partial charge on any atom is 0.416 e. The molecule has 2 rings (SSSR count). The number of alkyl halides is 3. The second-order valence-electron chi connectivity index (χ2n) is 3.32. The summed E-state index contributed by atoms with van der Waals surface area (Å²) in [5, 5.41) is 0. The van der Waals surface area contributed by atoms with E-state index < -0.39 is 12.2 Å². The monoisotopic (exact) mass is 199 g/mol. The van der Waals surface area contributed by atoms with Gasteiger partial charge in [-0.05, 0) is 12.5 Å². The van der Waals surface area contributed by atoms with Crippen molar-refractivity contribution in [1.29, 1.82) is 0 Å². The van der Waals surface area contributed by atoms with Crippen molar-refractivity contribution < 1.29 is 13.2 Å². The molecular formula is C10H8F3N. The molecule has 1 atom stereocenters. The molecule has 0 aliphatic carbocycles. The lowest BCUT2D eigenvalue weighted by Crippen LogP contribution is -2.21. The first-order chi connectivity index (χ1) is 6.48. The summed E-state index contributed by atoms with van der Waals surface area (Å²) in [6.45, 7) is 1.89. The Kier molecular flexibility index (Phi) is 1.87. The van der Waals surface area contributed by atoms with Crippen molar-refractivity contribution in [3.63, 3.8) is 0 Å². The molecule has 0 fully saturated rings. The zero-order valence-corrected chi connectivity index (χ0v) is 7.47. The normalized spacial score (nSPS) is 20.6. The first kappa shape index (κ1) is 9.24. The minimum absolute atomic E-state index is 0.150. The van der Waals surface area contributed by atoms with Gasteiger partial charge >= 0.3 is 6.18 Å². The highest BCUT2D eigenvalue weighted by molar-refractivity contribution is 6.13. The third-order valence-electron chi connectivity index (χ3n) is 2.12. The summed E-state index contributed by atoms with van der Waals surface area (Å²) in [7, 11) is 0. The van der Waals surface area contributed by atoms with Gasteiger partial charge in [-0.3, -0.25) is 4.99 Å². The Labute approximate surface area is 79.3 Å². The van der Waals surface area contributed by atoms with Crippen LogP contribution < -0.4 is 0 Å². The van der Waals surface area contributed by atoms with Gasteiger partial charge in [-0.1, -0.05) is 29.8 Å². The van der Waals surface area contributed by atoms with Crippen LogP contribution >= 0.6 is 0 Å². The first-order valence-corrected chi connectivity index (χ1v) is 4.20. The number of hydrogen-bond acceptors (Lipinski definition) is 1. The van der Waals surface area contributed by atoms with E-state index in [9.17, 15) is 13.2 Å². The fourth-order valence-electron chi connectivity index (χ4n) is 1.29. The van der Waals surface area contributed by atoms with Crippen LogP contribution in [-0.2, 0) is 0 Å². The lowest BCUT2D eigenvalue weighted by Gasteiger charge is -2.02. The maximum absolute atomic E-state index is 12.1. The van der Waals surface area contributed by atoms with Crippen LogP contribution in [0, 0.1) is 6.92 Å². The number of hydrogen-bond donors (Lipinski definition) is 0. The minimum Gasteiger partial charge on any atom is -0.267 e. The summed E-state index contributed by atoms with van der Waals surface area (Å²) >= 11 is 0. The number of aryl methyl sites for hydroxylation is 1. The molecule has 0 saturated heterocycles. The SMILES string of the molecule is Cc1ccc(C2=NC2C(F)(F)F)cc1. The molecule has 14 heavy (non-hydrogen) atoms. The number of halogens is 3. The average molecular weight is 199 g/mol. The van der Waals surface area contributed by atoms with Crippen molar-refractivity contribution in [2.75, 3.05) is 0 Å². The summed E-state index contributed by atoms with van der Waals surface area (Å²) in [6.07, 6.45) is -4.22. The highest BCUT2D eigenvalue weighted by atomic mass is 19.4. The molecule has 0 spiro atoms. The average Bonchev–Trinajstić information content (AvgIpc) is 2.83. The Hall–Kier alpha value is -1.32. The second-order valence-corrected chi connectivity index (χ2v) is 3.32. The maximum atomic E-state index is 12.1. The standard InChI is InChI=1S/C10H8F3N/c1-6-2-4-7(5-3-6)8-9(14-8)10(11,12)13/h2-5,9H,1H3. The predicted molar refractivity (Wildman–Crippen MR) is 47.6 cm³/mol. The number of benzene rings is 1. The lowest BCUT2D eigenvalue weighted by molar-refractivity contribution is -0.124. The summed E-state index contributed by atoms with van der Waals surface area (Å²) < 4.78 is 36.4. The van der Waals surface area contributed by atoms with Crippen molar-refractivity contribution in [2.24, 2.45) is 4.99 Å². The summed E-state index contributed by atoms with van der Waals surface area (Å²) in [6, 6.07) is 5.33. The minimum atomic E-state index is -4.22. The van der Waals surface area contributed by atoms with Crippen LogP contribution in [-0.4, -0.2) is 17.9 Å². The Morgan fingerprint density at radius 2 is 1.71 bits per heavy atom. The molecule has 1 unspecified atom stereocenters. The first-order valence-electron chi connectivity index (χ1n) is 4.20. The van der Waals surface area contributed by atoms with E-state index in [-0.39, 0.29) is 5.71 Å². The van der Waals surface area contributed by atoms with Gasteiger partial charge < -0.3 is 0 Å². The van der Waals surface area contributed by atoms with Gasteiger partial charge in [0.05, 0.1) is 5.71 Å². The molecule has 1 nitrogen and oxygen atoms in total. The van der Waals surface area contributed by atoms with Crippen LogP contribution in [0.1, 0.15) is 11.1 Å². The Balaban J connectivity index is 2.14. The third kappa shape index (κ3) is 1.64. The van der Waals surface area contributed by atoms with Crippen molar-refractivity contribution in [3.05, 3.63) is 35.4 Å². The van der Waals surface area contributed by atoms with Gasteiger partial charge in [0, 0.05) is 0 Å². The molecule has 1 aliphatic heterocycles. The van der Waals surface area contributed by atoms with Gasteiger partial charge in [0.1, 0.15) is 0 Å². The molecule has 4 heteroatoms. The van der Waals surface area contributed by atoms with Gasteiger partial charge in [0.15, 0.2) is 6.04 Å². The van der Waals surface area contributed by atoms with Crippen molar-refractivity contribution >= 4 is 5.71 Å². The molecule has 0 aromatic heterocycles. The van der Waals surface area contributed by atoms with Crippen LogP contribution in [0.25, 0.3) is 0 Å². The number of aliphatic imine (C=N–C) groups is 1. The fourth-order valence-corrected chi connectivity index (χ4v) is 1.29. The molecule has 0 bridgehead atoms. The summed E-state index contributed by atoms with van der Waals surface area (Å²) in [5.74, 6) is 0. The Bertz CT molecular complexity index is 375. The summed E-state index contributed by atoms with van der Waals surface area (Å²) in [5.41, 5.74) is 1.74. The van der Waals surface area contributed by atoms with Gasteiger partial charge in [0.25, 0.3) is 0 Å². The molecule has 0 saturated carbocycles. The Morgan fingerprint density at radius 1 is 1.14 bits per heavy atom. The topological polar surface area (TPSA) is 12.4 Å². The Morgan fingerprint density at radius 3 is 2.14 bits per heavy atom. The molecule has 1 heterocycles. The van der Waals surface area contributed by atoms with E-state index in [0.717, 1.165) is 5.56 Å². The summed E-state index contributed by atoms with van der Waals surface area (Å²) in [4.78, 5) is 3.42. The van der Waals surface area contributed by atoms with E-state index in [0.29, 0.717) is 5.56 Å². The van der Waals surface area contributed by atoms with Gasteiger partial charge in [0.2, 0.25) is 0 Å². The van der Waals surface area contributed by atoms with E-state index in [2.05, 4.69) is 4.99 Å². The molecular weight excluding hydrogens is 191 g/mol. The van der Waals surface area contributed by atoms with Gasteiger partial charge in [-0.2, -0.15) is 13.2 Å². The molecule has 1 aliphatic rings. The highest BCUT2D eigenvalue weighted by Gasteiger charge is 2.51. The van der Waals surface area contributed by atoms with Crippen molar-refractivity contribution in [2.45, 2.75) is 19.1 Å². The largest absolute Gasteiger partial charge is 0.416 e.